The number of nitrogens with zero attached hydrogens (tertiary/aromatic N) is 2. The molecule has 184 valence electrons. The van der Waals surface area contributed by atoms with Crippen molar-refractivity contribution in [3.8, 4) is 16.9 Å². The number of carbonyl (C=O) groups is 1. The largest absolute Gasteiger partial charge is 0.490 e. The van der Waals surface area contributed by atoms with Crippen molar-refractivity contribution >= 4 is 34.1 Å². The minimum Gasteiger partial charge on any atom is -0.490 e. The summed E-state index contributed by atoms with van der Waals surface area (Å²) < 4.78 is 8.01. The molecule has 0 radical (unpaired) electrons. The van der Waals surface area contributed by atoms with E-state index in [9.17, 15) is 4.79 Å². The molecule has 2 aromatic carbocycles. The van der Waals surface area contributed by atoms with Gasteiger partial charge >= 0.3 is 0 Å². The Hall–Kier alpha value is -4.62. The predicted molar refractivity (Wildman–Crippen MR) is 147 cm³/mol. The number of amides is 1. The molecule has 1 amide bonds. The number of ether oxygens (including phenoxy) is 1. The Morgan fingerprint density at radius 2 is 1.97 bits per heavy atom. The fourth-order valence-corrected chi connectivity index (χ4v) is 4.78. The summed E-state index contributed by atoms with van der Waals surface area (Å²) in [6.45, 7) is 0.372. The number of pyridine rings is 1. The first-order chi connectivity index (χ1) is 18.0. The van der Waals surface area contributed by atoms with Gasteiger partial charge in [-0.3, -0.25) is 9.78 Å². The molecule has 5 aromatic rings. The van der Waals surface area contributed by atoms with Gasteiger partial charge in [0.25, 0.3) is 5.91 Å². The number of nitrogens with two attached hydrogens (primary N) is 1. The van der Waals surface area contributed by atoms with Gasteiger partial charge in [0.05, 0.1) is 11.8 Å². The maximum absolute atomic E-state index is 12.7. The van der Waals surface area contributed by atoms with Gasteiger partial charge in [0.2, 0.25) is 0 Å². The van der Waals surface area contributed by atoms with E-state index in [2.05, 4.69) is 27.4 Å². The van der Waals surface area contributed by atoms with Gasteiger partial charge in [0, 0.05) is 65.1 Å². The fraction of sp³-hybridized carbons (Fsp3) is 0.133. The van der Waals surface area contributed by atoms with Crippen LogP contribution < -0.4 is 15.8 Å². The molecule has 7 heteroatoms. The lowest BCUT2D eigenvalue weighted by Crippen LogP contribution is -2.30. The van der Waals surface area contributed by atoms with Crippen LogP contribution in [-0.4, -0.2) is 33.1 Å². The summed E-state index contributed by atoms with van der Waals surface area (Å²) in [5, 5.41) is 4.15. The number of H-pyrrole nitrogens is 1. The van der Waals surface area contributed by atoms with E-state index in [-0.39, 0.29) is 11.9 Å². The molecule has 3 aromatic heterocycles. The number of hydrogen-bond donors (Lipinski definition) is 3. The average molecular weight is 490 g/mol. The maximum Gasteiger partial charge on any atom is 0.256 e. The number of aromatic nitrogens is 3. The van der Waals surface area contributed by atoms with Crippen molar-refractivity contribution < 1.29 is 9.53 Å². The van der Waals surface area contributed by atoms with E-state index in [1.54, 1.807) is 12.4 Å². The van der Waals surface area contributed by atoms with Crippen LogP contribution in [0, 0.1) is 0 Å². The maximum atomic E-state index is 12.7. The van der Waals surface area contributed by atoms with Gasteiger partial charge in [0.15, 0.2) is 0 Å². The number of aromatic amines is 1. The summed E-state index contributed by atoms with van der Waals surface area (Å²) in [6, 6.07) is 19.9. The first-order valence-corrected chi connectivity index (χ1v) is 12.2. The lowest BCUT2D eigenvalue weighted by Gasteiger charge is -2.13. The number of fused-ring (bicyclic) bond motifs is 2. The molecule has 1 atom stereocenters. The summed E-state index contributed by atoms with van der Waals surface area (Å²) >= 11 is 0. The summed E-state index contributed by atoms with van der Waals surface area (Å²) in [4.78, 5) is 20.3. The first-order valence-electron chi connectivity index (χ1n) is 12.2. The van der Waals surface area contributed by atoms with E-state index < -0.39 is 0 Å². The molecule has 0 bridgehead atoms. The van der Waals surface area contributed by atoms with E-state index >= 15 is 0 Å². The van der Waals surface area contributed by atoms with Crippen molar-refractivity contribution in [1.29, 1.82) is 0 Å². The van der Waals surface area contributed by atoms with Gasteiger partial charge in [-0.15, -0.1) is 0 Å². The van der Waals surface area contributed by atoms with Crippen LogP contribution in [0.25, 0.3) is 33.7 Å². The Balaban J connectivity index is 1.19. The van der Waals surface area contributed by atoms with Crippen LogP contribution in [0.5, 0.6) is 5.75 Å². The minimum absolute atomic E-state index is 0.104. The van der Waals surface area contributed by atoms with Crippen molar-refractivity contribution in [2.45, 2.75) is 12.5 Å². The second-order valence-electron chi connectivity index (χ2n) is 9.36. The van der Waals surface area contributed by atoms with Crippen molar-refractivity contribution in [3.63, 3.8) is 0 Å². The van der Waals surface area contributed by atoms with Crippen LogP contribution >= 0.6 is 0 Å². The highest BCUT2D eigenvalue weighted by atomic mass is 16.5. The second-order valence-corrected chi connectivity index (χ2v) is 9.36. The molecule has 0 saturated carbocycles. The number of carbonyl (C=O) groups excluding carboxylic acids is 1. The van der Waals surface area contributed by atoms with Gasteiger partial charge in [-0.1, -0.05) is 24.3 Å². The van der Waals surface area contributed by atoms with Crippen LogP contribution in [0.1, 0.15) is 16.8 Å². The van der Waals surface area contributed by atoms with E-state index in [1.807, 2.05) is 78.6 Å². The standard InChI is InChI=1S/C30H27N5O2/c1-35-10-4-5-23(35)14-27-26-13-19(8-9-29(26)34-30(27)36)20-12-24(17-32-15-20)37-18-22(31)11-21-16-33-28-7-3-2-6-25(21)28/h2-10,12-17,22,33H,11,18,31H2,1H3,(H,34,36)/b27-14-/t22-/m0/s1. The van der Waals surface area contributed by atoms with E-state index in [4.69, 9.17) is 10.5 Å². The lowest BCUT2D eigenvalue weighted by molar-refractivity contribution is -0.110. The zero-order valence-corrected chi connectivity index (χ0v) is 20.4. The van der Waals surface area contributed by atoms with E-state index in [0.29, 0.717) is 24.4 Å². The molecule has 1 aliphatic rings. The van der Waals surface area contributed by atoms with E-state index in [1.165, 1.54) is 10.9 Å². The zero-order valence-electron chi connectivity index (χ0n) is 20.4. The first kappa shape index (κ1) is 22.8. The third kappa shape index (κ3) is 4.52. The molecule has 0 aliphatic carbocycles. The number of anilines is 1. The third-order valence-corrected chi connectivity index (χ3v) is 6.75. The van der Waals surface area contributed by atoms with Crippen molar-refractivity contribution in [2.75, 3.05) is 11.9 Å². The molecular weight excluding hydrogens is 462 g/mol. The van der Waals surface area contributed by atoms with Crippen LogP contribution in [-0.2, 0) is 18.3 Å². The summed E-state index contributed by atoms with van der Waals surface area (Å²) in [5.41, 5.74) is 13.8. The second kappa shape index (κ2) is 9.44. The molecule has 0 spiro atoms. The monoisotopic (exact) mass is 489 g/mol. The van der Waals surface area contributed by atoms with Gasteiger partial charge in [0.1, 0.15) is 12.4 Å². The van der Waals surface area contributed by atoms with Crippen molar-refractivity contribution in [3.05, 3.63) is 102 Å². The number of benzene rings is 2. The summed E-state index contributed by atoms with van der Waals surface area (Å²) in [6.07, 6.45) is 10.1. The predicted octanol–water partition coefficient (Wildman–Crippen LogP) is 5.01. The lowest BCUT2D eigenvalue weighted by atomic mass is 9.99. The quantitative estimate of drug-likeness (QED) is 0.280. The smallest absolute Gasteiger partial charge is 0.256 e. The number of para-hydroxylation sites is 1. The normalized spacial score (nSPS) is 14.6. The van der Waals surface area contributed by atoms with Crippen molar-refractivity contribution in [2.24, 2.45) is 12.8 Å². The third-order valence-electron chi connectivity index (χ3n) is 6.75. The Bertz CT molecular complexity index is 1640. The molecule has 0 saturated heterocycles. The average Bonchev–Trinajstić information content (AvgIpc) is 3.60. The van der Waals surface area contributed by atoms with Crippen LogP contribution in [0.15, 0.2) is 85.5 Å². The Labute approximate surface area is 214 Å². The van der Waals surface area contributed by atoms with Gasteiger partial charge in [-0.25, -0.2) is 0 Å². The van der Waals surface area contributed by atoms with Crippen LogP contribution in [0.4, 0.5) is 5.69 Å². The van der Waals surface area contributed by atoms with Gasteiger partial charge in [-0.2, -0.15) is 0 Å². The Kier molecular flexibility index (Phi) is 5.82. The minimum atomic E-state index is -0.162. The molecule has 4 N–H and O–H groups in total. The number of hydrogen-bond acceptors (Lipinski definition) is 4. The SMILES string of the molecule is Cn1cccc1/C=C1\C(=O)Nc2ccc(-c3cncc(OC[C@@H](N)Cc4c[nH]c5ccccc45)c3)cc21. The summed E-state index contributed by atoms with van der Waals surface area (Å²) in [7, 11) is 1.96. The highest BCUT2D eigenvalue weighted by molar-refractivity contribution is 6.35. The zero-order chi connectivity index (χ0) is 25.4. The highest BCUT2D eigenvalue weighted by Crippen LogP contribution is 2.36. The van der Waals surface area contributed by atoms with E-state index in [0.717, 1.165) is 33.6 Å². The molecular formula is C30H27N5O2. The Morgan fingerprint density at radius 3 is 2.84 bits per heavy atom. The highest BCUT2D eigenvalue weighted by Gasteiger charge is 2.25. The van der Waals surface area contributed by atoms with Crippen LogP contribution in [0.2, 0.25) is 0 Å². The molecule has 0 unspecified atom stereocenters. The topological polar surface area (TPSA) is 98.0 Å². The number of rotatable bonds is 7. The fourth-order valence-electron chi connectivity index (χ4n) is 4.78. The van der Waals surface area contributed by atoms with Crippen LogP contribution in [0.3, 0.4) is 0 Å². The summed E-state index contributed by atoms with van der Waals surface area (Å²) in [5.74, 6) is 0.550. The molecule has 4 heterocycles. The molecule has 6 rings (SSSR count). The van der Waals surface area contributed by atoms with Gasteiger partial charge in [-0.05, 0) is 60.0 Å². The van der Waals surface area contributed by atoms with Crippen molar-refractivity contribution in [1.82, 2.24) is 14.5 Å². The van der Waals surface area contributed by atoms with Gasteiger partial charge < -0.3 is 25.3 Å². The molecule has 7 nitrogen and oxygen atoms in total. The molecule has 37 heavy (non-hydrogen) atoms. The Morgan fingerprint density at radius 1 is 1.08 bits per heavy atom. The molecule has 1 aliphatic heterocycles. The number of nitrogens with one attached hydrogen (secondary N) is 2. The number of aryl methyl sites for hydroxylation is 1. The molecule has 0 fully saturated rings.